The molecule has 0 atom stereocenters. The lowest BCUT2D eigenvalue weighted by Gasteiger charge is -2.03. The molecule has 0 saturated heterocycles. The zero-order valence-corrected chi connectivity index (χ0v) is 12.5. The maximum absolute atomic E-state index is 12.1. The van der Waals surface area contributed by atoms with Crippen LogP contribution in [0.25, 0.3) is 0 Å². The Morgan fingerprint density at radius 3 is 2.90 bits per heavy atom. The summed E-state index contributed by atoms with van der Waals surface area (Å²) >= 11 is 1.26. The highest BCUT2D eigenvalue weighted by atomic mass is 32.1. The smallest absolute Gasteiger partial charge is 0.265 e. The summed E-state index contributed by atoms with van der Waals surface area (Å²) in [5.41, 5.74) is 7.76. The van der Waals surface area contributed by atoms with E-state index in [4.69, 9.17) is 5.73 Å². The molecule has 0 aliphatic heterocycles. The molecule has 0 radical (unpaired) electrons. The number of aryl methyl sites for hydroxylation is 1. The maximum Gasteiger partial charge on any atom is 0.265 e. The second kappa shape index (κ2) is 5.91. The Hall–Kier alpha value is -2.09. The quantitative estimate of drug-likeness (QED) is 0.768. The van der Waals surface area contributed by atoms with E-state index in [9.17, 15) is 4.79 Å². The van der Waals surface area contributed by atoms with Gasteiger partial charge in [-0.05, 0) is 13.8 Å². The largest absolute Gasteiger partial charge is 0.382 e. The van der Waals surface area contributed by atoms with E-state index >= 15 is 0 Å². The number of thiazole rings is 1. The Kier molecular flexibility index (Phi) is 4.23. The normalized spacial score (nSPS) is 10.6. The number of nitrogens with zero attached hydrogens (tertiary/aromatic N) is 3. The number of rotatable bonds is 5. The van der Waals surface area contributed by atoms with Crippen LogP contribution in [0.2, 0.25) is 0 Å². The highest BCUT2D eigenvalue weighted by Crippen LogP contribution is 2.24. The number of hydrogen-bond acceptors (Lipinski definition) is 6. The highest BCUT2D eigenvalue weighted by molar-refractivity contribution is 7.18. The van der Waals surface area contributed by atoms with Gasteiger partial charge in [0.2, 0.25) is 0 Å². The predicted molar refractivity (Wildman–Crippen MR) is 79.8 cm³/mol. The number of nitrogens with two attached hydrogens (primary N) is 1. The molecule has 8 heteroatoms. The van der Waals surface area contributed by atoms with Crippen LogP contribution in [0.4, 0.5) is 10.9 Å². The molecule has 0 unspecified atom stereocenters. The van der Waals surface area contributed by atoms with Gasteiger partial charge in [-0.25, -0.2) is 4.98 Å². The van der Waals surface area contributed by atoms with Crippen LogP contribution in [0, 0.1) is 6.92 Å². The number of nitrogen functional groups attached to an aromatic ring is 1. The van der Waals surface area contributed by atoms with E-state index in [0.717, 1.165) is 17.8 Å². The first-order valence-electron chi connectivity index (χ1n) is 6.28. The molecule has 108 valence electrons. The third-order valence-corrected chi connectivity index (χ3v) is 3.99. The van der Waals surface area contributed by atoms with E-state index in [1.165, 1.54) is 11.3 Å². The van der Waals surface area contributed by atoms with Crippen LogP contribution in [0.15, 0.2) is 6.20 Å². The molecule has 7 nitrogen and oxygen atoms in total. The van der Waals surface area contributed by atoms with Crippen molar-refractivity contribution in [2.45, 2.75) is 20.4 Å². The number of hydrogen-bond donors (Lipinski definition) is 3. The van der Waals surface area contributed by atoms with Crippen molar-refractivity contribution in [3.05, 3.63) is 22.3 Å². The van der Waals surface area contributed by atoms with Crippen LogP contribution < -0.4 is 16.4 Å². The molecule has 4 N–H and O–H groups in total. The molecule has 0 fully saturated rings. The lowest BCUT2D eigenvalue weighted by molar-refractivity contribution is 0.0955. The van der Waals surface area contributed by atoms with Gasteiger partial charge in [0, 0.05) is 31.4 Å². The Balaban J connectivity index is 2.03. The van der Waals surface area contributed by atoms with Gasteiger partial charge in [-0.15, -0.1) is 0 Å². The third kappa shape index (κ3) is 2.90. The predicted octanol–water partition coefficient (Wildman–Crippen LogP) is 1.13. The van der Waals surface area contributed by atoms with Gasteiger partial charge in [-0.1, -0.05) is 11.3 Å². The average Bonchev–Trinajstić information content (AvgIpc) is 2.93. The van der Waals surface area contributed by atoms with Gasteiger partial charge in [0.15, 0.2) is 5.13 Å². The van der Waals surface area contributed by atoms with Crippen LogP contribution in [-0.4, -0.2) is 27.2 Å². The highest BCUT2D eigenvalue weighted by Gasteiger charge is 2.16. The van der Waals surface area contributed by atoms with Crippen molar-refractivity contribution in [2.75, 3.05) is 17.6 Å². The summed E-state index contributed by atoms with van der Waals surface area (Å²) in [6.07, 6.45) is 1.75. The van der Waals surface area contributed by atoms with Crippen LogP contribution in [0.1, 0.15) is 27.9 Å². The van der Waals surface area contributed by atoms with Crippen molar-refractivity contribution in [1.82, 2.24) is 20.1 Å². The van der Waals surface area contributed by atoms with Crippen molar-refractivity contribution in [3.8, 4) is 0 Å². The number of nitrogens with one attached hydrogen (secondary N) is 2. The molecule has 0 saturated carbocycles. The number of carbonyl (C=O) groups is 1. The Morgan fingerprint density at radius 1 is 1.55 bits per heavy atom. The van der Waals surface area contributed by atoms with Gasteiger partial charge in [0.1, 0.15) is 10.7 Å². The Morgan fingerprint density at radius 2 is 2.30 bits per heavy atom. The minimum Gasteiger partial charge on any atom is -0.382 e. The van der Waals surface area contributed by atoms with Crippen LogP contribution in [0.3, 0.4) is 0 Å². The lowest BCUT2D eigenvalue weighted by Crippen LogP contribution is -2.23. The van der Waals surface area contributed by atoms with Gasteiger partial charge in [0.05, 0.1) is 6.20 Å². The van der Waals surface area contributed by atoms with Gasteiger partial charge in [-0.2, -0.15) is 5.10 Å². The van der Waals surface area contributed by atoms with E-state index < -0.39 is 0 Å². The molecule has 2 rings (SSSR count). The third-order valence-electron chi connectivity index (χ3n) is 2.96. The number of aromatic nitrogens is 3. The minimum atomic E-state index is -0.215. The first kappa shape index (κ1) is 14.3. The average molecular weight is 294 g/mol. The Labute approximate surface area is 121 Å². The second-order valence-corrected chi connectivity index (χ2v) is 5.32. The molecule has 0 aliphatic carbocycles. The van der Waals surface area contributed by atoms with E-state index in [1.807, 2.05) is 20.9 Å². The first-order chi connectivity index (χ1) is 9.52. The van der Waals surface area contributed by atoms with E-state index in [-0.39, 0.29) is 11.7 Å². The van der Waals surface area contributed by atoms with Crippen LogP contribution in [-0.2, 0) is 13.6 Å². The van der Waals surface area contributed by atoms with Crippen LogP contribution in [0.5, 0.6) is 0 Å². The number of anilines is 2. The molecule has 1 amide bonds. The molecular weight excluding hydrogens is 276 g/mol. The fraction of sp³-hybridized carbons (Fsp3) is 0.417. The molecular formula is C12H18N6OS. The summed E-state index contributed by atoms with van der Waals surface area (Å²) in [6.45, 7) is 5.08. The molecule has 0 aromatic carbocycles. The van der Waals surface area contributed by atoms with Crippen molar-refractivity contribution in [2.24, 2.45) is 7.05 Å². The Bertz CT molecular complexity index is 617. The second-order valence-electron chi connectivity index (χ2n) is 4.33. The van der Waals surface area contributed by atoms with Crippen molar-refractivity contribution in [1.29, 1.82) is 0 Å². The monoisotopic (exact) mass is 294 g/mol. The standard InChI is InChI=1S/C12H18N6OS/c1-4-14-12-17-10(13)9(20-12)11(19)15-5-8-6-16-18(3)7(8)2/h6H,4-5,13H2,1-3H3,(H,14,17)(H,15,19). The fourth-order valence-electron chi connectivity index (χ4n) is 1.69. The van der Waals surface area contributed by atoms with E-state index in [0.29, 0.717) is 16.6 Å². The van der Waals surface area contributed by atoms with Crippen molar-refractivity contribution < 1.29 is 4.79 Å². The molecule has 20 heavy (non-hydrogen) atoms. The minimum absolute atomic E-state index is 0.215. The van der Waals surface area contributed by atoms with Crippen LogP contribution >= 0.6 is 11.3 Å². The van der Waals surface area contributed by atoms with Crippen molar-refractivity contribution in [3.63, 3.8) is 0 Å². The molecule has 0 bridgehead atoms. The summed E-state index contributed by atoms with van der Waals surface area (Å²) < 4.78 is 1.77. The molecule has 2 aromatic rings. The molecule has 2 aromatic heterocycles. The summed E-state index contributed by atoms with van der Waals surface area (Å²) in [4.78, 5) is 16.6. The lowest BCUT2D eigenvalue weighted by atomic mass is 10.2. The van der Waals surface area contributed by atoms with Gasteiger partial charge >= 0.3 is 0 Å². The zero-order valence-electron chi connectivity index (χ0n) is 11.7. The zero-order chi connectivity index (χ0) is 14.7. The van der Waals surface area contributed by atoms with Gasteiger partial charge < -0.3 is 16.4 Å². The number of amides is 1. The first-order valence-corrected chi connectivity index (χ1v) is 7.10. The van der Waals surface area contributed by atoms with E-state index in [1.54, 1.807) is 10.9 Å². The van der Waals surface area contributed by atoms with E-state index in [2.05, 4.69) is 20.7 Å². The summed E-state index contributed by atoms with van der Waals surface area (Å²) in [5, 5.41) is 10.7. The van der Waals surface area contributed by atoms with Gasteiger partial charge in [0.25, 0.3) is 5.91 Å². The molecule has 0 aliphatic rings. The fourth-order valence-corrected chi connectivity index (χ4v) is 2.56. The van der Waals surface area contributed by atoms with Gasteiger partial charge in [-0.3, -0.25) is 9.48 Å². The SMILES string of the molecule is CCNc1nc(N)c(C(=O)NCc2cnn(C)c2C)s1. The summed E-state index contributed by atoms with van der Waals surface area (Å²) in [7, 11) is 1.87. The maximum atomic E-state index is 12.1. The topological polar surface area (TPSA) is 97.9 Å². The van der Waals surface area contributed by atoms with Crippen molar-refractivity contribution >= 4 is 28.2 Å². The summed E-state index contributed by atoms with van der Waals surface area (Å²) in [5.74, 6) is 0.0405. The number of carbonyl (C=O) groups excluding carboxylic acids is 1. The molecule has 0 spiro atoms. The summed E-state index contributed by atoms with van der Waals surface area (Å²) in [6, 6.07) is 0. The molecule has 2 heterocycles.